The zero-order chi connectivity index (χ0) is 20.9. The van der Waals surface area contributed by atoms with Crippen LogP contribution in [-0.4, -0.2) is 23.3 Å². The third-order valence-corrected chi connectivity index (χ3v) is 5.55. The molecule has 0 atom stereocenters. The van der Waals surface area contributed by atoms with Gasteiger partial charge in [-0.05, 0) is 65.4 Å². The van der Waals surface area contributed by atoms with E-state index >= 15 is 0 Å². The number of aliphatic hydroxyl groups is 1. The van der Waals surface area contributed by atoms with E-state index in [-0.39, 0.29) is 12.5 Å². The predicted octanol–water partition coefficient (Wildman–Crippen LogP) is 5.00. The molecule has 5 nitrogen and oxygen atoms in total. The number of aliphatic hydroxyl groups excluding tert-OH is 1. The molecule has 1 amide bonds. The highest BCUT2D eigenvalue weighted by Gasteiger charge is 2.34. The number of hydrogen-bond acceptors (Lipinski definition) is 5. The SMILES string of the molecule is COc1ccc(N=C2SC(=Cc3ccc(CO)cc3)C(=O)N2c2ccccc2)cc1. The molecule has 1 N–H and O–H groups in total. The van der Waals surface area contributed by atoms with Crippen molar-refractivity contribution in [2.75, 3.05) is 12.0 Å². The first-order valence-corrected chi connectivity index (χ1v) is 10.2. The molecule has 0 aliphatic carbocycles. The summed E-state index contributed by atoms with van der Waals surface area (Å²) in [6.45, 7) is -0.00894. The lowest BCUT2D eigenvalue weighted by Crippen LogP contribution is -2.28. The first-order chi connectivity index (χ1) is 14.7. The lowest BCUT2D eigenvalue weighted by molar-refractivity contribution is -0.113. The Bertz CT molecular complexity index is 1090. The van der Waals surface area contributed by atoms with Gasteiger partial charge in [0.25, 0.3) is 5.91 Å². The number of hydrogen-bond donors (Lipinski definition) is 1. The van der Waals surface area contributed by atoms with Crippen molar-refractivity contribution in [2.24, 2.45) is 4.99 Å². The second-order valence-electron chi connectivity index (χ2n) is 6.58. The third-order valence-electron chi connectivity index (χ3n) is 4.58. The molecule has 3 aromatic carbocycles. The van der Waals surface area contributed by atoms with E-state index in [4.69, 9.17) is 9.73 Å². The average Bonchev–Trinajstić information content (AvgIpc) is 3.10. The van der Waals surface area contributed by atoms with Gasteiger partial charge in [0, 0.05) is 0 Å². The van der Waals surface area contributed by atoms with Crippen LogP contribution in [0.5, 0.6) is 5.75 Å². The summed E-state index contributed by atoms with van der Waals surface area (Å²) >= 11 is 1.34. The minimum atomic E-state index is -0.121. The molecule has 1 fully saturated rings. The summed E-state index contributed by atoms with van der Waals surface area (Å²) in [5.74, 6) is 0.630. The normalized spacial score (nSPS) is 16.5. The molecule has 6 heteroatoms. The smallest absolute Gasteiger partial charge is 0.271 e. The van der Waals surface area contributed by atoms with Gasteiger partial charge in [0.15, 0.2) is 5.17 Å². The summed E-state index contributed by atoms with van der Waals surface area (Å²) < 4.78 is 5.20. The maximum absolute atomic E-state index is 13.2. The summed E-state index contributed by atoms with van der Waals surface area (Å²) in [6, 6.07) is 24.3. The molecule has 150 valence electrons. The first kappa shape index (κ1) is 19.9. The fourth-order valence-electron chi connectivity index (χ4n) is 2.99. The molecule has 0 aromatic heterocycles. The van der Waals surface area contributed by atoms with Crippen LogP contribution in [0.2, 0.25) is 0 Å². The van der Waals surface area contributed by atoms with Crippen molar-refractivity contribution in [2.45, 2.75) is 6.61 Å². The van der Waals surface area contributed by atoms with Gasteiger partial charge in [-0.15, -0.1) is 0 Å². The van der Waals surface area contributed by atoms with Gasteiger partial charge in [-0.3, -0.25) is 9.69 Å². The molecule has 1 aliphatic rings. The van der Waals surface area contributed by atoms with Crippen molar-refractivity contribution in [1.29, 1.82) is 0 Å². The number of rotatable bonds is 5. The molecular formula is C24H20N2O3S. The van der Waals surface area contributed by atoms with Crippen LogP contribution < -0.4 is 9.64 Å². The number of amides is 1. The Morgan fingerprint density at radius 2 is 1.70 bits per heavy atom. The molecule has 0 bridgehead atoms. The standard InChI is InChI=1S/C24H20N2O3S/c1-29-21-13-11-19(12-14-21)25-24-26(20-5-3-2-4-6-20)23(28)22(30-24)15-17-7-9-18(16-27)10-8-17/h2-15,27H,16H2,1H3. The van der Waals surface area contributed by atoms with Gasteiger partial charge in [0.2, 0.25) is 0 Å². The van der Waals surface area contributed by atoms with Crippen molar-refractivity contribution in [3.05, 3.63) is 94.9 Å². The maximum atomic E-state index is 13.2. The van der Waals surface area contributed by atoms with E-state index < -0.39 is 0 Å². The molecular weight excluding hydrogens is 396 g/mol. The topological polar surface area (TPSA) is 62.1 Å². The monoisotopic (exact) mass is 416 g/mol. The number of carbonyl (C=O) groups excluding carboxylic acids is 1. The Kier molecular flexibility index (Phi) is 5.97. The minimum Gasteiger partial charge on any atom is -0.497 e. The fraction of sp³-hybridized carbons (Fsp3) is 0.0833. The molecule has 3 aromatic rings. The van der Waals surface area contributed by atoms with Gasteiger partial charge in [-0.25, -0.2) is 4.99 Å². The van der Waals surface area contributed by atoms with E-state index in [0.717, 1.165) is 28.3 Å². The quantitative estimate of drug-likeness (QED) is 0.595. The highest BCUT2D eigenvalue weighted by Crippen LogP contribution is 2.37. The Labute approximate surface area is 179 Å². The summed E-state index contributed by atoms with van der Waals surface area (Å²) in [4.78, 5) is 20.2. The second-order valence-corrected chi connectivity index (χ2v) is 7.59. The number of para-hydroxylation sites is 1. The Balaban J connectivity index is 1.71. The van der Waals surface area contributed by atoms with E-state index in [1.54, 1.807) is 12.0 Å². The number of thioether (sulfide) groups is 1. The second kappa shape index (κ2) is 8.98. The van der Waals surface area contributed by atoms with Crippen LogP contribution in [0.15, 0.2) is 88.8 Å². The minimum absolute atomic E-state index is 0.00894. The molecule has 30 heavy (non-hydrogen) atoms. The van der Waals surface area contributed by atoms with Gasteiger partial charge >= 0.3 is 0 Å². The Hall–Kier alpha value is -3.35. The van der Waals surface area contributed by atoms with Gasteiger partial charge < -0.3 is 9.84 Å². The maximum Gasteiger partial charge on any atom is 0.271 e. The van der Waals surface area contributed by atoms with Crippen molar-refractivity contribution in [1.82, 2.24) is 0 Å². The van der Waals surface area contributed by atoms with E-state index in [9.17, 15) is 9.90 Å². The molecule has 1 saturated heterocycles. The molecule has 0 saturated carbocycles. The molecule has 4 rings (SSSR count). The lowest BCUT2D eigenvalue weighted by Gasteiger charge is -2.15. The van der Waals surface area contributed by atoms with Gasteiger partial charge in [-0.1, -0.05) is 42.5 Å². The average molecular weight is 417 g/mol. The van der Waals surface area contributed by atoms with Gasteiger partial charge in [-0.2, -0.15) is 0 Å². The number of ether oxygens (including phenoxy) is 1. The largest absolute Gasteiger partial charge is 0.497 e. The zero-order valence-electron chi connectivity index (χ0n) is 16.4. The number of methoxy groups -OCH3 is 1. The van der Waals surface area contributed by atoms with Crippen LogP contribution in [-0.2, 0) is 11.4 Å². The summed E-state index contributed by atoms with van der Waals surface area (Å²) in [7, 11) is 1.62. The Morgan fingerprint density at radius 3 is 2.33 bits per heavy atom. The van der Waals surface area contributed by atoms with Crippen molar-refractivity contribution >= 4 is 40.3 Å². The van der Waals surface area contributed by atoms with Crippen LogP contribution >= 0.6 is 11.8 Å². The predicted molar refractivity (Wildman–Crippen MR) is 122 cm³/mol. The van der Waals surface area contributed by atoms with Crippen LogP contribution in [0.3, 0.4) is 0 Å². The number of amidine groups is 1. The summed E-state index contributed by atoms with van der Waals surface area (Å²) in [6.07, 6.45) is 1.85. The molecule has 1 heterocycles. The van der Waals surface area contributed by atoms with E-state index in [1.807, 2.05) is 84.9 Å². The lowest BCUT2D eigenvalue weighted by atomic mass is 10.1. The van der Waals surface area contributed by atoms with Crippen LogP contribution in [0.25, 0.3) is 6.08 Å². The number of aliphatic imine (C=N–C) groups is 1. The van der Waals surface area contributed by atoms with Crippen LogP contribution in [0.4, 0.5) is 11.4 Å². The Morgan fingerprint density at radius 1 is 1.00 bits per heavy atom. The first-order valence-electron chi connectivity index (χ1n) is 9.39. The highest BCUT2D eigenvalue weighted by molar-refractivity contribution is 8.19. The summed E-state index contributed by atoms with van der Waals surface area (Å²) in [5.41, 5.74) is 3.22. The highest BCUT2D eigenvalue weighted by atomic mass is 32.2. The van der Waals surface area contributed by atoms with E-state index in [0.29, 0.717) is 10.1 Å². The van der Waals surface area contributed by atoms with Gasteiger partial charge in [0.05, 0.1) is 30.0 Å². The fourth-order valence-corrected chi connectivity index (χ4v) is 3.99. The van der Waals surface area contributed by atoms with Crippen molar-refractivity contribution in [3.63, 3.8) is 0 Å². The number of benzene rings is 3. The number of carbonyl (C=O) groups is 1. The van der Waals surface area contributed by atoms with Crippen LogP contribution in [0, 0.1) is 0 Å². The van der Waals surface area contributed by atoms with E-state index in [1.165, 1.54) is 11.8 Å². The zero-order valence-corrected chi connectivity index (χ0v) is 17.2. The van der Waals surface area contributed by atoms with Crippen molar-refractivity contribution in [3.8, 4) is 5.75 Å². The molecule has 1 aliphatic heterocycles. The molecule has 0 spiro atoms. The number of anilines is 1. The van der Waals surface area contributed by atoms with E-state index in [2.05, 4.69) is 0 Å². The third kappa shape index (κ3) is 4.30. The van der Waals surface area contributed by atoms with Crippen LogP contribution in [0.1, 0.15) is 11.1 Å². The van der Waals surface area contributed by atoms with Crippen molar-refractivity contribution < 1.29 is 14.6 Å². The molecule has 0 radical (unpaired) electrons. The van der Waals surface area contributed by atoms with Gasteiger partial charge in [0.1, 0.15) is 5.75 Å². The molecule has 0 unspecified atom stereocenters. The summed E-state index contributed by atoms with van der Waals surface area (Å²) in [5, 5.41) is 9.81. The number of nitrogens with zero attached hydrogens (tertiary/aromatic N) is 2.